The molecule has 1 aromatic rings. The number of hydrogen-bond acceptors (Lipinski definition) is 7. The molecule has 1 aliphatic heterocycles. The Morgan fingerprint density at radius 2 is 1.43 bits per heavy atom. The van der Waals surface area contributed by atoms with Gasteiger partial charge in [0.15, 0.2) is 0 Å². The van der Waals surface area contributed by atoms with Gasteiger partial charge in [-0.25, -0.2) is 14.5 Å². The molecule has 0 bridgehead atoms. The number of hydrogen-bond donors (Lipinski definition) is 1. The molecule has 0 saturated carbocycles. The SMILES string of the molecule is CCCCCCCCCCCCCCCCNC(=O)OC[C@@H]1C[C@@H](COC(=O)N(Cc2ccccn2)C(C)=O)S1. The lowest BCUT2D eigenvalue weighted by molar-refractivity contribution is -0.127. The molecule has 0 unspecified atom stereocenters. The molecule has 9 heteroatoms. The number of ether oxygens (including phenoxy) is 2. The van der Waals surface area contributed by atoms with Crippen LogP contribution in [-0.4, -0.2) is 58.2 Å². The second-order valence-electron chi connectivity index (χ2n) is 10.7. The van der Waals surface area contributed by atoms with E-state index in [2.05, 4.69) is 17.2 Å². The van der Waals surface area contributed by atoms with Gasteiger partial charge in [0.2, 0.25) is 5.91 Å². The number of amides is 3. The molecule has 0 aliphatic carbocycles. The van der Waals surface area contributed by atoms with Gasteiger partial charge in [0.05, 0.1) is 12.2 Å². The summed E-state index contributed by atoms with van der Waals surface area (Å²) >= 11 is 1.63. The smallest absolute Gasteiger partial charge is 0.416 e. The fourth-order valence-corrected chi connectivity index (χ4v) is 5.86. The number of aromatic nitrogens is 1. The van der Waals surface area contributed by atoms with E-state index in [1.54, 1.807) is 36.2 Å². The quantitative estimate of drug-likeness (QED) is 0.150. The number of carbonyl (C=O) groups is 3. The Kier molecular flexibility index (Phi) is 18.2. The predicted octanol–water partition coefficient (Wildman–Crippen LogP) is 7.65. The van der Waals surface area contributed by atoms with Gasteiger partial charge in [-0.3, -0.25) is 9.78 Å². The highest BCUT2D eigenvalue weighted by molar-refractivity contribution is 8.01. The first kappa shape index (κ1) is 33.9. The average Bonchev–Trinajstić information content (AvgIpc) is 2.93. The first-order valence-electron chi connectivity index (χ1n) is 15.4. The Bertz CT molecular complexity index is 836. The fourth-order valence-electron chi connectivity index (χ4n) is 4.70. The Morgan fingerprint density at radius 1 is 0.875 bits per heavy atom. The number of pyridine rings is 1. The van der Waals surface area contributed by atoms with E-state index in [0.717, 1.165) is 24.2 Å². The predicted molar refractivity (Wildman–Crippen MR) is 161 cm³/mol. The Labute approximate surface area is 245 Å². The van der Waals surface area contributed by atoms with Gasteiger partial charge in [-0.05, 0) is 25.0 Å². The molecule has 1 fully saturated rings. The first-order valence-corrected chi connectivity index (χ1v) is 16.3. The number of unbranched alkanes of at least 4 members (excludes halogenated alkanes) is 13. The molecule has 1 aliphatic rings. The van der Waals surface area contributed by atoms with Gasteiger partial charge in [0.25, 0.3) is 0 Å². The normalized spacial score (nSPS) is 16.1. The summed E-state index contributed by atoms with van der Waals surface area (Å²) in [4.78, 5) is 41.4. The number of carbonyl (C=O) groups excluding carboxylic acids is 3. The lowest BCUT2D eigenvalue weighted by atomic mass is 10.0. The minimum absolute atomic E-state index is 0.0811. The average molecular weight is 578 g/mol. The van der Waals surface area contributed by atoms with Gasteiger partial charge >= 0.3 is 12.2 Å². The summed E-state index contributed by atoms with van der Waals surface area (Å²) in [5, 5.41) is 3.18. The minimum atomic E-state index is -0.665. The molecule has 1 N–H and O–H groups in total. The molecule has 3 amide bonds. The van der Waals surface area contributed by atoms with Crippen LogP contribution in [0.4, 0.5) is 9.59 Å². The van der Waals surface area contributed by atoms with E-state index in [1.807, 2.05) is 0 Å². The van der Waals surface area contributed by atoms with Crippen molar-refractivity contribution in [3.63, 3.8) is 0 Å². The van der Waals surface area contributed by atoms with Crippen LogP contribution in [0.2, 0.25) is 0 Å². The number of nitrogens with one attached hydrogen (secondary N) is 1. The molecule has 1 aromatic heterocycles. The van der Waals surface area contributed by atoms with Gasteiger partial charge in [-0.2, -0.15) is 0 Å². The maximum absolute atomic E-state index is 12.4. The highest BCUT2D eigenvalue weighted by Crippen LogP contribution is 2.36. The van der Waals surface area contributed by atoms with Crippen molar-refractivity contribution in [3.05, 3.63) is 30.1 Å². The molecule has 40 heavy (non-hydrogen) atoms. The molecule has 226 valence electrons. The van der Waals surface area contributed by atoms with Crippen LogP contribution >= 0.6 is 11.8 Å². The summed E-state index contributed by atoms with van der Waals surface area (Å²) < 4.78 is 10.7. The van der Waals surface area contributed by atoms with Gasteiger partial charge in [-0.1, -0.05) is 96.5 Å². The molecule has 2 heterocycles. The third-order valence-electron chi connectivity index (χ3n) is 7.15. The molecular formula is C31H51N3O5S. The standard InChI is InChI=1S/C31H51N3O5S/c1-3-4-5-6-7-8-9-10-11-12-13-14-15-17-21-33-30(36)38-24-28-22-29(40-28)25-39-31(37)34(26(2)35)23-27-19-16-18-20-32-27/h16,18-20,28-29H,3-15,17,21-25H2,1-2H3,(H,33,36)/t28-,29-/m0/s1. The number of alkyl carbamates (subject to hydrolysis) is 1. The van der Waals surface area contributed by atoms with E-state index < -0.39 is 6.09 Å². The molecule has 2 rings (SSSR count). The van der Waals surface area contributed by atoms with Crippen LogP contribution in [0.1, 0.15) is 116 Å². The molecular weight excluding hydrogens is 526 g/mol. The molecule has 8 nitrogen and oxygen atoms in total. The zero-order valence-corrected chi connectivity index (χ0v) is 25.6. The maximum atomic E-state index is 12.4. The lowest BCUT2D eigenvalue weighted by Crippen LogP contribution is -2.40. The Balaban J connectivity index is 1.38. The summed E-state index contributed by atoms with van der Waals surface area (Å²) in [6.07, 6.45) is 19.8. The van der Waals surface area contributed by atoms with Crippen molar-refractivity contribution in [3.8, 4) is 0 Å². The molecule has 2 atom stereocenters. The van der Waals surface area contributed by atoms with E-state index in [0.29, 0.717) is 18.8 Å². The second-order valence-corrected chi connectivity index (χ2v) is 12.3. The number of thioether (sulfide) groups is 1. The van der Waals surface area contributed by atoms with Crippen LogP contribution in [0.25, 0.3) is 0 Å². The summed E-state index contributed by atoms with van der Waals surface area (Å²) in [6, 6.07) is 5.34. The van der Waals surface area contributed by atoms with Crippen molar-refractivity contribution >= 4 is 29.9 Å². The summed E-state index contributed by atoms with van der Waals surface area (Å²) in [5.41, 5.74) is 0.618. The van der Waals surface area contributed by atoms with E-state index in [9.17, 15) is 14.4 Å². The zero-order valence-electron chi connectivity index (χ0n) is 24.7. The van der Waals surface area contributed by atoms with Crippen LogP contribution in [0.15, 0.2) is 24.4 Å². The summed E-state index contributed by atoms with van der Waals surface area (Å²) in [7, 11) is 0. The van der Waals surface area contributed by atoms with Crippen LogP contribution in [0.3, 0.4) is 0 Å². The van der Waals surface area contributed by atoms with Crippen LogP contribution < -0.4 is 5.32 Å². The number of rotatable bonds is 21. The molecule has 0 aromatic carbocycles. The topological polar surface area (TPSA) is 97.8 Å². The van der Waals surface area contributed by atoms with Crippen LogP contribution in [-0.2, 0) is 20.8 Å². The van der Waals surface area contributed by atoms with Gasteiger partial charge in [-0.15, -0.1) is 11.8 Å². The van der Waals surface area contributed by atoms with E-state index in [4.69, 9.17) is 9.47 Å². The number of nitrogens with zero attached hydrogens (tertiary/aromatic N) is 2. The van der Waals surface area contributed by atoms with Crippen molar-refractivity contribution in [1.29, 1.82) is 0 Å². The van der Waals surface area contributed by atoms with E-state index >= 15 is 0 Å². The highest BCUT2D eigenvalue weighted by Gasteiger charge is 2.33. The lowest BCUT2D eigenvalue weighted by Gasteiger charge is -2.34. The summed E-state index contributed by atoms with van der Waals surface area (Å²) in [6.45, 7) is 4.90. The number of imide groups is 1. The molecule has 1 saturated heterocycles. The Hall–Kier alpha value is -2.29. The minimum Gasteiger partial charge on any atom is -0.448 e. The van der Waals surface area contributed by atoms with Gasteiger partial charge < -0.3 is 14.8 Å². The maximum Gasteiger partial charge on any atom is 0.416 e. The van der Waals surface area contributed by atoms with Crippen molar-refractivity contribution in [2.75, 3.05) is 19.8 Å². The van der Waals surface area contributed by atoms with Crippen molar-refractivity contribution in [2.24, 2.45) is 0 Å². The van der Waals surface area contributed by atoms with Crippen molar-refractivity contribution in [1.82, 2.24) is 15.2 Å². The van der Waals surface area contributed by atoms with Crippen molar-refractivity contribution in [2.45, 2.75) is 127 Å². The second kappa shape index (κ2) is 21.5. The van der Waals surface area contributed by atoms with Crippen molar-refractivity contribution < 1.29 is 23.9 Å². The fraction of sp³-hybridized carbons (Fsp3) is 0.742. The van der Waals surface area contributed by atoms with Crippen LogP contribution in [0.5, 0.6) is 0 Å². The van der Waals surface area contributed by atoms with Crippen LogP contribution in [0, 0.1) is 0 Å². The van der Waals surface area contributed by atoms with E-state index in [-0.39, 0.29) is 35.7 Å². The highest BCUT2D eigenvalue weighted by atomic mass is 32.2. The third-order valence-corrected chi connectivity index (χ3v) is 8.58. The van der Waals surface area contributed by atoms with Gasteiger partial charge in [0, 0.05) is 30.2 Å². The Morgan fingerprint density at radius 3 is 1.95 bits per heavy atom. The monoisotopic (exact) mass is 577 g/mol. The molecule has 0 radical (unpaired) electrons. The largest absolute Gasteiger partial charge is 0.448 e. The van der Waals surface area contributed by atoms with Gasteiger partial charge in [0.1, 0.15) is 13.2 Å². The summed E-state index contributed by atoms with van der Waals surface area (Å²) in [5.74, 6) is -0.386. The third kappa shape index (κ3) is 15.5. The molecule has 0 spiro atoms. The first-order chi connectivity index (χ1) is 19.5. The zero-order chi connectivity index (χ0) is 28.8. The van der Waals surface area contributed by atoms with E-state index in [1.165, 1.54) is 84.0 Å².